The lowest BCUT2D eigenvalue weighted by Crippen LogP contribution is -2.44. The van der Waals surface area contributed by atoms with Crippen molar-refractivity contribution in [2.24, 2.45) is 7.05 Å². The first-order valence-corrected chi connectivity index (χ1v) is 16.0. The van der Waals surface area contributed by atoms with E-state index in [-0.39, 0.29) is 12.2 Å². The van der Waals surface area contributed by atoms with E-state index in [0.717, 1.165) is 43.8 Å². The van der Waals surface area contributed by atoms with Crippen molar-refractivity contribution in [3.05, 3.63) is 59.2 Å². The topological polar surface area (TPSA) is 61.5 Å². The first-order chi connectivity index (χ1) is 19.7. The third-order valence-corrected chi connectivity index (χ3v) is 9.32. The van der Waals surface area contributed by atoms with Gasteiger partial charge < -0.3 is 23.5 Å². The minimum atomic E-state index is -0.467. The Morgan fingerprint density at radius 1 is 1.07 bits per heavy atom. The summed E-state index contributed by atoms with van der Waals surface area (Å²) >= 11 is 1.79. The smallest absolute Gasteiger partial charge is 0.410 e. The lowest BCUT2D eigenvalue weighted by atomic mass is 9.83. The van der Waals surface area contributed by atoms with Crippen LogP contribution in [0.4, 0.5) is 4.79 Å². The maximum Gasteiger partial charge on any atom is 0.410 e. The van der Waals surface area contributed by atoms with Gasteiger partial charge in [-0.25, -0.2) is 9.78 Å². The van der Waals surface area contributed by atoms with Gasteiger partial charge >= 0.3 is 6.09 Å². The van der Waals surface area contributed by atoms with Gasteiger partial charge in [-0.2, -0.15) is 0 Å². The van der Waals surface area contributed by atoms with Gasteiger partial charge in [-0.3, -0.25) is 0 Å². The second-order valence-electron chi connectivity index (χ2n) is 12.6. The SMILES string of the molecule is Cn1c(-c2ncc(C3CCC3)n2CCCc2ccc(OC3CCN(C(=O)OC(C)(C)C)CC3)cc2)cc2sccc21. The Morgan fingerprint density at radius 2 is 1.83 bits per heavy atom. The highest BCUT2D eigenvalue weighted by Crippen LogP contribution is 2.39. The van der Waals surface area contributed by atoms with Crippen molar-refractivity contribution < 1.29 is 14.3 Å². The summed E-state index contributed by atoms with van der Waals surface area (Å²) in [6.45, 7) is 8.00. The van der Waals surface area contributed by atoms with Crippen molar-refractivity contribution in [3.8, 4) is 17.3 Å². The number of imidazole rings is 1. The van der Waals surface area contributed by atoms with Crippen LogP contribution >= 0.6 is 11.3 Å². The van der Waals surface area contributed by atoms with Crippen LogP contribution in [0.2, 0.25) is 0 Å². The van der Waals surface area contributed by atoms with E-state index in [4.69, 9.17) is 14.5 Å². The van der Waals surface area contributed by atoms with Gasteiger partial charge in [0.2, 0.25) is 0 Å². The molecule has 0 N–H and O–H groups in total. The second kappa shape index (κ2) is 11.6. The van der Waals surface area contributed by atoms with Gasteiger partial charge in [-0.05, 0) is 81.7 Å². The number of ether oxygens (including phenoxy) is 2. The van der Waals surface area contributed by atoms with Crippen LogP contribution in [0.1, 0.15) is 76.5 Å². The lowest BCUT2D eigenvalue weighted by Gasteiger charge is -2.33. The van der Waals surface area contributed by atoms with Crippen molar-refractivity contribution in [2.75, 3.05) is 13.1 Å². The number of amides is 1. The Hall–Kier alpha value is -3.26. The molecule has 0 radical (unpaired) electrons. The van der Waals surface area contributed by atoms with E-state index in [9.17, 15) is 4.79 Å². The molecule has 1 aliphatic heterocycles. The number of aryl methyl sites for hydroxylation is 2. The minimum Gasteiger partial charge on any atom is -0.490 e. The van der Waals surface area contributed by atoms with Gasteiger partial charge in [-0.1, -0.05) is 18.6 Å². The molecule has 0 spiro atoms. The van der Waals surface area contributed by atoms with E-state index >= 15 is 0 Å². The first kappa shape index (κ1) is 27.9. The number of benzene rings is 1. The van der Waals surface area contributed by atoms with Crippen LogP contribution in [-0.4, -0.2) is 49.9 Å². The van der Waals surface area contributed by atoms with Gasteiger partial charge in [0.1, 0.15) is 17.5 Å². The molecule has 1 aliphatic carbocycles. The molecule has 41 heavy (non-hydrogen) atoms. The molecule has 218 valence electrons. The highest BCUT2D eigenvalue weighted by atomic mass is 32.1. The Kier molecular flexibility index (Phi) is 7.86. The maximum atomic E-state index is 12.3. The predicted octanol–water partition coefficient (Wildman–Crippen LogP) is 7.78. The minimum absolute atomic E-state index is 0.122. The highest BCUT2D eigenvalue weighted by Gasteiger charge is 2.28. The van der Waals surface area contributed by atoms with Crippen LogP contribution in [0, 0.1) is 0 Å². The Bertz CT molecular complexity index is 1480. The summed E-state index contributed by atoms with van der Waals surface area (Å²) in [4.78, 5) is 19.1. The molecule has 4 heterocycles. The number of hydrogen-bond donors (Lipinski definition) is 0. The van der Waals surface area contributed by atoms with E-state index in [1.54, 1.807) is 16.2 Å². The Balaban J connectivity index is 1.04. The highest BCUT2D eigenvalue weighted by molar-refractivity contribution is 7.17. The number of rotatable bonds is 8. The summed E-state index contributed by atoms with van der Waals surface area (Å²) in [6, 6.07) is 13.1. The molecule has 8 heteroatoms. The zero-order chi connectivity index (χ0) is 28.6. The van der Waals surface area contributed by atoms with Crippen molar-refractivity contribution >= 4 is 27.6 Å². The number of carbonyl (C=O) groups is 1. The fourth-order valence-electron chi connectivity index (χ4n) is 5.97. The number of likely N-dealkylation sites (tertiary alicyclic amines) is 1. The molecule has 1 amide bonds. The number of nitrogens with zero attached hydrogens (tertiary/aromatic N) is 4. The number of thiophene rings is 1. The molecule has 2 fully saturated rings. The summed E-state index contributed by atoms with van der Waals surface area (Å²) in [6.07, 6.45) is 9.59. The number of hydrogen-bond acceptors (Lipinski definition) is 5. The average Bonchev–Trinajstić information content (AvgIpc) is 3.60. The Morgan fingerprint density at radius 3 is 2.49 bits per heavy atom. The molecule has 0 atom stereocenters. The van der Waals surface area contributed by atoms with Crippen LogP contribution in [0.3, 0.4) is 0 Å². The predicted molar refractivity (Wildman–Crippen MR) is 165 cm³/mol. The van der Waals surface area contributed by atoms with Gasteiger partial charge in [0.05, 0.1) is 15.9 Å². The fourth-order valence-corrected chi connectivity index (χ4v) is 6.82. The summed E-state index contributed by atoms with van der Waals surface area (Å²) in [7, 11) is 2.15. The normalized spacial score (nSPS) is 16.7. The van der Waals surface area contributed by atoms with Crippen LogP contribution in [0.5, 0.6) is 5.75 Å². The molecule has 1 saturated carbocycles. The number of carbonyl (C=O) groups excluding carboxylic acids is 1. The summed E-state index contributed by atoms with van der Waals surface area (Å²) < 4.78 is 17.9. The van der Waals surface area contributed by atoms with Crippen molar-refractivity contribution in [2.45, 2.75) is 89.9 Å². The number of piperidine rings is 1. The van der Waals surface area contributed by atoms with Gasteiger partial charge in [0.25, 0.3) is 0 Å². The van der Waals surface area contributed by atoms with Crippen LogP contribution in [0.15, 0.2) is 48.0 Å². The molecule has 4 aromatic rings. The lowest BCUT2D eigenvalue weighted by molar-refractivity contribution is 0.0126. The van der Waals surface area contributed by atoms with Crippen LogP contribution < -0.4 is 4.74 Å². The quantitative estimate of drug-likeness (QED) is 0.216. The molecule has 6 rings (SSSR count). The molecule has 7 nitrogen and oxygen atoms in total. The van der Waals surface area contributed by atoms with Crippen molar-refractivity contribution in [1.82, 2.24) is 19.0 Å². The molecule has 0 bridgehead atoms. The third-order valence-electron chi connectivity index (χ3n) is 8.47. The van der Waals surface area contributed by atoms with E-state index in [1.165, 1.54) is 46.4 Å². The van der Waals surface area contributed by atoms with E-state index in [2.05, 4.69) is 64.2 Å². The van der Waals surface area contributed by atoms with Crippen molar-refractivity contribution in [1.29, 1.82) is 0 Å². The molecule has 3 aromatic heterocycles. The standard InChI is InChI=1S/C33H42N4O3S/c1-33(2,3)40-32(38)36-18-14-26(15-19-36)39-25-12-10-23(11-13-25)7-6-17-37-29(24-8-5-9-24)22-34-31(37)28-21-30-27(35(28)4)16-20-41-30/h10-13,16,20-22,24,26H,5-9,14-15,17-19H2,1-4H3. The molecule has 1 saturated heterocycles. The molecule has 1 aromatic carbocycles. The summed E-state index contributed by atoms with van der Waals surface area (Å²) in [5.74, 6) is 2.64. The van der Waals surface area contributed by atoms with Gasteiger partial charge in [0, 0.05) is 57.3 Å². The number of fused-ring (bicyclic) bond motifs is 1. The van der Waals surface area contributed by atoms with E-state index in [0.29, 0.717) is 19.0 Å². The maximum absolute atomic E-state index is 12.3. The molecular formula is C33H42N4O3S. The first-order valence-electron chi connectivity index (χ1n) is 15.1. The largest absolute Gasteiger partial charge is 0.490 e. The van der Waals surface area contributed by atoms with E-state index in [1.807, 2.05) is 20.8 Å². The third kappa shape index (κ3) is 6.17. The molecular weight excluding hydrogens is 532 g/mol. The summed E-state index contributed by atoms with van der Waals surface area (Å²) in [5, 5.41) is 2.16. The zero-order valence-electron chi connectivity index (χ0n) is 24.8. The summed E-state index contributed by atoms with van der Waals surface area (Å²) in [5.41, 5.74) is 4.74. The van der Waals surface area contributed by atoms with Crippen LogP contribution in [-0.2, 0) is 24.8 Å². The molecule has 0 unspecified atom stereocenters. The zero-order valence-corrected chi connectivity index (χ0v) is 25.6. The van der Waals surface area contributed by atoms with Gasteiger partial charge in [0.15, 0.2) is 5.82 Å². The average molecular weight is 575 g/mol. The van der Waals surface area contributed by atoms with Crippen LogP contribution in [0.25, 0.3) is 21.7 Å². The Labute approximate surface area is 247 Å². The number of aromatic nitrogens is 3. The van der Waals surface area contributed by atoms with E-state index < -0.39 is 5.60 Å². The fraction of sp³-hybridized carbons (Fsp3) is 0.515. The monoisotopic (exact) mass is 574 g/mol. The second-order valence-corrected chi connectivity index (χ2v) is 13.5. The molecule has 2 aliphatic rings. The van der Waals surface area contributed by atoms with Gasteiger partial charge in [-0.15, -0.1) is 11.3 Å². The van der Waals surface area contributed by atoms with Crippen molar-refractivity contribution in [3.63, 3.8) is 0 Å².